The van der Waals surface area contributed by atoms with Crippen LogP contribution in [-0.2, 0) is 6.54 Å². The molecular formula is C24H35IN4O2. The van der Waals surface area contributed by atoms with Crippen molar-refractivity contribution >= 4 is 29.9 Å². The second kappa shape index (κ2) is 14.1. The van der Waals surface area contributed by atoms with Gasteiger partial charge in [0.1, 0.15) is 11.5 Å². The molecule has 0 spiro atoms. The Bertz CT molecular complexity index is 780. The fourth-order valence-electron chi connectivity index (χ4n) is 3.62. The quantitative estimate of drug-likeness (QED) is 0.220. The van der Waals surface area contributed by atoms with Crippen molar-refractivity contribution in [2.45, 2.75) is 31.8 Å². The lowest BCUT2D eigenvalue weighted by Crippen LogP contribution is -2.48. The van der Waals surface area contributed by atoms with E-state index in [0.717, 1.165) is 62.9 Å². The summed E-state index contributed by atoms with van der Waals surface area (Å²) in [6.07, 6.45) is 3.16. The third kappa shape index (κ3) is 8.95. The molecule has 0 saturated carbocycles. The zero-order valence-electron chi connectivity index (χ0n) is 18.5. The number of hydrogen-bond acceptors (Lipinski definition) is 4. The number of aliphatic imine (C=N–C) groups is 1. The average molecular weight is 538 g/mol. The summed E-state index contributed by atoms with van der Waals surface area (Å²) < 4.78 is 11.0. The highest BCUT2D eigenvalue weighted by Crippen LogP contribution is 2.18. The molecule has 7 heteroatoms. The second-order valence-corrected chi connectivity index (χ2v) is 7.56. The van der Waals surface area contributed by atoms with Crippen molar-refractivity contribution in [1.29, 1.82) is 0 Å². The highest BCUT2D eigenvalue weighted by atomic mass is 127. The Hall–Kier alpha value is -2.00. The number of halogens is 1. The molecule has 0 atom stereocenters. The van der Waals surface area contributed by atoms with Crippen molar-refractivity contribution in [3.63, 3.8) is 0 Å². The van der Waals surface area contributed by atoms with Crippen LogP contribution in [0.15, 0.2) is 59.6 Å². The number of guanidine groups is 1. The number of nitrogens with one attached hydrogen (secondary N) is 2. The number of nitrogens with zero attached hydrogens (tertiary/aromatic N) is 2. The standard InChI is InChI=1S/C24H34N4O2.HI/c1-25-24(26-14-7-17-30-23-11-6-10-22(18-23)29-2)27-21-12-15-28(16-13-21)19-20-8-4-3-5-9-20;/h3-6,8-11,18,21H,7,12-17,19H2,1-2H3,(H2,25,26,27);1H. The fourth-order valence-corrected chi connectivity index (χ4v) is 3.62. The third-order valence-electron chi connectivity index (χ3n) is 5.32. The molecule has 2 N–H and O–H groups in total. The summed E-state index contributed by atoms with van der Waals surface area (Å²) in [4.78, 5) is 6.90. The maximum atomic E-state index is 5.79. The fraction of sp³-hybridized carbons (Fsp3) is 0.458. The molecule has 6 nitrogen and oxygen atoms in total. The molecule has 1 heterocycles. The van der Waals surface area contributed by atoms with Crippen LogP contribution >= 0.6 is 24.0 Å². The molecule has 0 unspecified atom stereocenters. The first kappa shape index (κ1) is 25.3. The molecule has 31 heavy (non-hydrogen) atoms. The molecule has 1 saturated heterocycles. The summed E-state index contributed by atoms with van der Waals surface area (Å²) in [5.74, 6) is 2.52. The van der Waals surface area contributed by atoms with E-state index in [9.17, 15) is 0 Å². The largest absolute Gasteiger partial charge is 0.497 e. The van der Waals surface area contributed by atoms with Crippen LogP contribution in [0.2, 0.25) is 0 Å². The minimum atomic E-state index is 0. The highest BCUT2D eigenvalue weighted by molar-refractivity contribution is 14.0. The Labute approximate surface area is 203 Å². The first-order valence-electron chi connectivity index (χ1n) is 10.8. The highest BCUT2D eigenvalue weighted by Gasteiger charge is 2.19. The summed E-state index contributed by atoms with van der Waals surface area (Å²) in [6.45, 7) is 4.72. The number of hydrogen-bond donors (Lipinski definition) is 2. The van der Waals surface area contributed by atoms with Gasteiger partial charge in [-0.3, -0.25) is 9.89 Å². The topological polar surface area (TPSA) is 58.1 Å². The summed E-state index contributed by atoms with van der Waals surface area (Å²) in [5.41, 5.74) is 1.39. The van der Waals surface area contributed by atoms with Gasteiger partial charge in [0.2, 0.25) is 0 Å². The van der Waals surface area contributed by atoms with Crippen LogP contribution in [0.4, 0.5) is 0 Å². The van der Waals surface area contributed by atoms with Gasteiger partial charge in [-0.15, -0.1) is 24.0 Å². The van der Waals surface area contributed by atoms with Crippen LogP contribution in [0.3, 0.4) is 0 Å². The first-order chi connectivity index (χ1) is 14.8. The van der Waals surface area contributed by atoms with E-state index in [1.54, 1.807) is 7.11 Å². The van der Waals surface area contributed by atoms with Crippen molar-refractivity contribution in [3.8, 4) is 11.5 Å². The summed E-state index contributed by atoms with van der Waals surface area (Å²) in [6, 6.07) is 18.9. The third-order valence-corrected chi connectivity index (χ3v) is 5.32. The van der Waals surface area contributed by atoms with Gasteiger partial charge in [-0.2, -0.15) is 0 Å². The average Bonchev–Trinajstić information content (AvgIpc) is 2.80. The first-order valence-corrected chi connectivity index (χ1v) is 10.8. The molecule has 1 aliphatic heterocycles. The molecule has 0 aromatic heterocycles. The van der Waals surface area contributed by atoms with Crippen molar-refractivity contribution in [3.05, 3.63) is 60.2 Å². The normalized spacial score (nSPS) is 15.1. The van der Waals surface area contributed by atoms with E-state index in [-0.39, 0.29) is 24.0 Å². The molecule has 1 aliphatic rings. The van der Waals surface area contributed by atoms with E-state index in [0.29, 0.717) is 12.6 Å². The van der Waals surface area contributed by atoms with E-state index in [1.807, 2.05) is 31.3 Å². The summed E-state index contributed by atoms with van der Waals surface area (Å²) in [7, 11) is 3.49. The SMILES string of the molecule is CN=C(NCCCOc1cccc(OC)c1)NC1CCN(Cc2ccccc2)CC1.I. The minimum Gasteiger partial charge on any atom is -0.497 e. The monoisotopic (exact) mass is 538 g/mol. The Morgan fingerprint density at radius 2 is 1.81 bits per heavy atom. The predicted octanol–water partition coefficient (Wildman–Crippen LogP) is 3.91. The van der Waals surface area contributed by atoms with Gasteiger partial charge in [0.05, 0.1) is 13.7 Å². The lowest BCUT2D eigenvalue weighted by Gasteiger charge is -2.33. The Balaban J connectivity index is 0.00000341. The lowest BCUT2D eigenvalue weighted by molar-refractivity contribution is 0.198. The van der Waals surface area contributed by atoms with Gasteiger partial charge in [0.15, 0.2) is 5.96 Å². The molecule has 0 amide bonds. The smallest absolute Gasteiger partial charge is 0.191 e. The van der Waals surface area contributed by atoms with E-state index in [2.05, 4.69) is 50.9 Å². The molecule has 170 valence electrons. The van der Waals surface area contributed by atoms with Crippen molar-refractivity contribution < 1.29 is 9.47 Å². The van der Waals surface area contributed by atoms with Crippen molar-refractivity contribution in [2.75, 3.05) is 40.4 Å². The van der Waals surface area contributed by atoms with Gasteiger partial charge in [0.25, 0.3) is 0 Å². The van der Waals surface area contributed by atoms with Gasteiger partial charge in [0, 0.05) is 45.3 Å². The van der Waals surface area contributed by atoms with Crippen LogP contribution in [-0.4, -0.2) is 57.3 Å². The molecule has 2 aromatic carbocycles. The molecule has 3 rings (SSSR count). The van der Waals surface area contributed by atoms with E-state index < -0.39 is 0 Å². The number of rotatable bonds is 9. The van der Waals surface area contributed by atoms with E-state index >= 15 is 0 Å². The molecule has 0 radical (unpaired) electrons. The van der Waals surface area contributed by atoms with Crippen LogP contribution in [0.25, 0.3) is 0 Å². The lowest BCUT2D eigenvalue weighted by atomic mass is 10.0. The van der Waals surface area contributed by atoms with Gasteiger partial charge >= 0.3 is 0 Å². The summed E-state index contributed by atoms with van der Waals surface area (Å²) in [5, 5.41) is 6.97. The number of piperidine rings is 1. The molecule has 1 fully saturated rings. The van der Waals surface area contributed by atoms with Crippen LogP contribution in [0, 0.1) is 0 Å². The van der Waals surface area contributed by atoms with Gasteiger partial charge in [-0.05, 0) is 37.0 Å². The maximum absolute atomic E-state index is 5.79. The van der Waals surface area contributed by atoms with E-state index in [1.165, 1.54) is 5.56 Å². The van der Waals surface area contributed by atoms with Crippen LogP contribution in [0.1, 0.15) is 24.8 Å². The maximum Gasteiger partial charge on any atom is 0.191 e. The number of ether oxygens (including phenoxy) is 2. The minimum absolute atomic E-state index is 0. The Morgan fingerprint density at radius 3 is 2.52 bits per heavy atom. The van der Waals surface area contributed by atoms with Crippen LogP contribution in [0.5, 0.6) is 11.5 Å². The molecular weight excluding hydrogens is 503 g/mol. The zero-order valence-corrected chi connectivity index (χ0v) is 20.9. The molecule has 0 bridgehead atoms. The molecule has 0 aliphatic carbocycles. The Morgan fingerprint density at radius 1 is 1.06 bits per heavy atom. The van der Waals surface area contributed by atoms with Crippen LogP contribution < -0.4 is 20.1 Å². The van der Waals surface area contributed by atoms with Gasteiger partial charge in [-0.1, -0.05) is 36.4 Å². The number of benzene rings is 2. The summed E-state index contributed by atoms with van der Waals surface area (Å²) >= 11 is 0. The van der Waals surface area contributed by atoms with Gasteiger partial charge in [-0.25, -0.2) is 0 Å². The van der Waals surface area contributed by atoms with Gasteiger partial charge < -0.3 is 20.1 Å². The number of likely N-dealkylation sites (tertiary alicyclic amines) is 1. The second-order valence-electron chi connectivity index (χ2n) is 7.56. The Kier molecular flexibility index (Phi) is 11.5. The predicted molar refractivity (Wildman–Crippen MR) is 138 cm³/mol. The zero-order chi connectivity index (χ0) is 21.0. The van der Waals surface area contributed by atoms with Crippen molar-refractivity contribution in [2.24, 2.45) is 4.99 Å². The molecule has 2 aromatic rings. The number of methoxy groups -OCH3 is 1. The van der Waals surface area contributed by atoms with E-state index in [4.69, 9.17) is 9.47 Å². The van der Waals surface area contributed by atoms with Crippen molar-refractivity contribution in [1.82, 2.24) is 15.5 Å².